The van der Waals surface area contributed by atoms with Gasteiger partial charge in [-0.15, -0.1) is 12.4 Å². The monoisotopic (exact) mass is 149 g/mol. The molecule has 1 N–H and O–H groups in total. The lowest BCUT2D eigenvalue weighted by Crippen LogP contribution is -2.24. The van der Waals surface area contributed by atoms with Gasteiger partial charge in [0.2, 0.25) is 0 Å². The number of hydroxylamine groups is 1. The van der Waals surface area contributed by atoms with Crippen LogP contribution in [0.2, 0.25) is 0 Å². The Bertz CT molecular complexity index is 108. The molecule has 0 aromatic rings. The number of nitrogens with one attached hydrogen (secondary N) is 1. The Morgan fingerprint density at radius 1 is 1.33 bits per heavy atom. The van der Waals surface area contributed by atoms with Crippen LogP contribution in [0.4, 0.5) is 0 Å². The SMILES string of the molecule is CC1=C(C)CONC1.Cl. The first kappa shape index (κ1) is 8.95. The van der Waals surface area contributed by atoms with Crippen LogP contribution < -0.4 is 5.48 Å². The first-order valence-corrected chi connectivity index (χ1v) is 2.80. The summed E-state index contributed by atoms with van der Waals surface area (Å²) in [6, 6.07) is 0. The Kier molecular flexibility index (Phi) is 3.86. The van der Waals surface area contributed by atoms with Crippen molar-refractivity contribution in [3.63, 3.8) is 0 Å². The average Bonchev–Trinajstić information content (AvgIpc) is 1.77. The van der Waals surface area contributed by atoms with Crippen molar-refractivity contribution in [1.29, 1.82) is 0 Å². The van der Waals surface area contributed by atoms with E-state index >= 15 is 0 Å². The topological polar surface area (TPSA) is 21.3 Å². The summed E-state index contributed by atoms with van der Waals surface area (Å²) in [6.07, 6.45) is 0. The standard InChI is InChI=1S/C6H11NO.ClH/c1-5-3-7-8-4-6(5)2;/h7H,3-4H2,1-2H3;1H. The Morgan fingerprint density at radius 3 is 2.33 bits per heavy atom. The molecule has 0 aromatic heterocycles. The van der Waals surface area contributed by atoms with Crippen molar-refractivity contribution in [3.05, 3.63) is 11.1 Å². The van der Waals surface area contributed by atoms with E-state index in [1.54, 1.807) is 0 Å². The van der Waals surface area contributed by atoms with Crippen molar-refractivity contribution in [2.24, 2.45) is 0 Å². The van der Waals surface area contributed by atoms with Crippen molar-refractivity contribution in [3.8, 4) is 0 Å². The molecule has 3 heteroatoms. The third-order valence-electron chi connectivity index (χ3n) is 1.46. The normalized spacial score (nSPS) is 19.3. The Morgan fingerprint density at radius 2 is 2.00 bits per heavy atom. The van der Waals surface area contributed by atoms with Gasteiger partial charge >= 0.3 is 0 Å². The van der Waals surface area contributed by atoms with Crippen LogP contribution in [0.3, 0.4) is 0 Å². The summed E-state index contributed by atoms with van der Waals surface area (Å²) >= 11 is 0. The molecule has 0 saturated carbocycles. The molecule has 0 amide bonds. The highest BCUT2D eigenvalue weighted by Gasteiger charge is 2.02. The second-order valence-electron chi connectivity index (χ2n) is 2.17. The number of hydrogen-bond donors (Lipinski definition) is 1. The van der Waals surface area contributed by atoms with E-state index in [1.807, 2.05) is 0 Å². The minimum atomic E-state index is 0. The molecule has 0 bridgehead atoms. The van der Waals surface area contributed by atoms with E-state index in [4.69, 9.17) is 4.84 Å². The number of halogens is 1. The van der Waals surface area contributed by atoms with Crippen LogP contribution in [0.25, 0.3) is 0 Å². The summed E-state index contributed by atoms with van der Waals surface area (Å²) in [7, 11) is 0. The minimum Gasteiger partial charge on any atom is -0.297 e. The van der Waals surface area contributed by atoms with Gasteiger partial charge in [0.15, 0.2) is 0 Å². The first-order valence-electron chi connectivity index (χ1n) is 2.80. The maximum Gasteiger partial charge on any atom is 0.0893 e. The molecule has 1 heterocycles. The fraction of sp³-hybridized carbons (Fsp3) is 0.667. The summed E-state index contributed by atoms with van der Waals surface area (Å²) < 4.78 is 0. The molecular weight excluding hydrogens is 138 g/mol. The molecule has 1 aliphatic rings. The predicted octanol–water partition coefficient (Wildman–Crippen LogP) is 1.28. The lowest BCUT2D eigenvalue weighted by molar-refractivity contribution is 0.0532. The molecule has 54 valence electrons. The van der Waals surface area contributed by atoms with Crippen LogP contribution in [-0.4, -0.2) is 13.2 Å². The van der Waals surface area contributed by atoms with Gasteiger partial charge in [-0.3, -0.25) is 4.84 Å². The van der Waals surface area contributed by atoms with E-state index in [-0.39, 0.29) is 12.4 Å². The van der Waals surface area contributed by atoms with Gasteiger partial charge in [0.25, 0.3) is 0 Å². The molecular formula is C6H12ClNO. The Hall–Kier alpha value is -0.0500. The zero-order valence-corrected chi connectivity index (χ0v) is 6.55. The van der Waals surface area contributed by atoms with E-state index in [2.05, 4.69) is 19.3 Å². The van der Waals surface area contributed by atoms with E-state index < -0.39 is 0 Å². The number of hydrogen-bond acceptors (Lipinski definition) is 2. The van der Waals surface area contributed by atoms with Gasteiger partial charge in [-0.1, -0.05) is 5.57 Å². The van der Waals surface area contributed by atoms with Crippen LogP contribution in [-0.2, 0) is 4.84 Å². The van der Waals surface area contributed by atoms with Crippen LogP contribution in [0.1, 0.15) is 13.8 Å². The molecule has 0 aromatic carbocycles. The number of rotatable bonds is 0. The molecule has 0 spiro atoms. The third-order valence-corrected chi connectivity index (χ3v) is 1.46. The Labute approximate surface area is 61.6 Å². The highest BCUT2D eigenvalue weighted by molar-refractivity contribution is 5.85. The lowest BCUT2D eigenvalue weighted by Gasteiger charge is -2.14. The second kappa shape index (κ2) is 3.88. The van der Waals surface area contributed by atoms with E-state index in [0.29, 0.717) is 0 Å². The summed E-state index contributed by atoms with van der Waals surface area (Å²) in [5.74, 6) is 0. The fourth-order valence-corrected chi connectivity index (χ4v) is 0.593. The maximum absolute atomic E-state index is 4.94. The quantitative estimate of drug-likeness (QED) is 0.524. The van der Waals surface area contributed by atoms with Crippen molar-refractivity contribution < 1.29 is 4.84 Å². The summed E-state index contributed by atoms with van der Waals surface area (Å²) in [4.78, 5) is 4.94. The van der Waals surface area contributed by atoms with Crippen molar-refractivity contribution in [2.45, 2.75) is 13.8 Å². The summed E-state index contributed by atoms with van der Waals surface area (Å²) in [6.45, 7) is 5.83. The van der Waals surface area contributed by atoms with Gasteiger partial charge in [-0.2, -0.15) is 5.48 Å². The molecule has 0 unspecified atom stereocenters. The van der Waals surface area contributed by atoms with Crippen molar-refractivity contribution in [2.75, 3.05) is 13.2 Å². The maximum atomic E-state index is 4.94. The molecule has 0 saturated heterocycles. The molecule has 0 aliphatic carbocycles. The van der Waals surface area contributed by atoms with Gasteiger partial charge in [0, 0.05) is 6.54 Å². The Balaban J connectivity index is 0.000000640. The molecule has 9 heavy (non-hydrogen) atoms. The molecule has 1 aliphatic heterocycles. The van der Waals surface area contributed by atoms with Gasteiger partial charge in [-0.05, 0) is 19.4 Å². The fourth-order valence-electron chi connectivity index (χ4n) is 0.593. The van der Waals surface area contributed by atoms with E-state index in [9.17, 15) is 0 Å². The van der Waals surface area contributed by atoms with Crippen LogP contribution in [0, 0.1) is 0 Å². The molecule has 0 fully saturated rings. The zero-order valence-electron chi connectivity index (χ0n) is 5.73. The smallest absolute Gasteiger partial charge is 0.0893 e. The minimum absolute atomic E-state index is 0. The van der Waals surface area contributed by atoms with Crippen LogP contribution in [0.15, 0.2) is 11.1 Å². The average molecular weight is 150 g/mol. The molecule has 0 atom stereocenters. The van der Waals surface area contributed by atoms with Gasteiger partial charge in [-0.25, -0.2) is 0 Å². The third kappa shape index (κ3) is 2.35. The highest BCUT2D eigenvalue weighted by Crippen LogP contribution is 2.05. The predicted molar refractivity (Wildman–Crippen MR) is 39.6 cm³/mol. The highest BCUT2D eigenvalue weighted by atomic mass is 35.5. The molecule has 1 rings (SSSR count). The van der Waals surface area contributed by atoms with Crippen LogP contribution in [0.5, 0.6) is 0 Å². The van der Waals surface area contributed by atoms with Crippen LogP contribution >= 0.6 is 12.4 Å². The van der Waals surface area contributed by atoms with Gasteiger partial charge < -0.3 is 0 Å². The van der Waals surface area contributed by atoms with E-state index in [1.165, 1.54) is 11.1 Å². The summed E-state index contributed by atoms with van der Waals surface area (Å²) in [5, 5.41) is 0. The lowest BCUT2D eigenvalue weighted by atomic mass is 10.1. The van der Waals surface area contributed by atoms with Gasteiger partial charge in [0.1, 0.15) is 0 Å². The largest absolute Gasteiger partial charge is 0.297 e. The van der Waals surface area contributed by atoms with E-state index in [0.717, 1.165) is 13.2 Å². The van der Waals surface area contributed by atoms with Crippen molar-refractivity contribution >= 4 is 12.4 Å². The summed E-state index contributed by atoms with van der Waals surface area (Å²) in [5.41, 5.74) is 5.56. The van der Waals surface area contributed by atoms with Gasteiger partial charge in [0.05, 0.1) is 6.61 Å². The zero-order chi connectivity index (χ0) is 5.98. The molecule has 2 nitrogen and oxygen atoms in total. The first-order chi connectivity index (χ1) is 3.80. The molecule has 0 radical (unpaired) electrons. The van der Waals surface area contributed by atoms with Crippen molar-refractivity contribution in [1.82, 2.24) is 5.48 Å². The second-order valence-corrected chi connectivity index (χ2v) is 2.17.